The van der Waals surface area contributed by atoms with Crippen molar-refractivity contribution in [2.24, 2.45) is 5.92 Å². The average molecular weight is 686 g/mol. The quantitative estimate of drug-likeness (QED) is 0.226. The van der Waals surface area contributed by atoms with Gasteiger partial charge in [-0.2, -0.15) is 0 Å². The first-order valence-electron chi connectivity index (χ1n) is 16.1. The smallest absolute Gasteiger partial charge is 0.323 e. The summed E-state index contributed by atoms with van der Waals surface area (Å²) in [5.74, 6) is 0.0617. The van der Waals surface area contributed by atoms with Crippen molar-refractivity contribution in [1.82, 2.24) is 9.80 Å². The number of aliphatic hydroxyl groups is 1. The maximum absolute atomic E-state index is 14.3. The number of aliphatic hydroxyl groups excluding tert-OH is 1. The molecule has 4 rings (SSSR count). The fraction of sp³-hybridized carbons (Fsp3) is 0.444. The molecule has 0 fully saturated rings. The van der Waals surface area contributed by atoms with E-state index in [2.05, 4.69) is 22.5 Å². The Morgan fingerprint density at radius 3 is 2.49 bits per heavy atom. The minimum absolute atomic E-state index is 0.0756. The Balaban J connectivity index is 1.58. The van der Waals surface area contributed by atoms with Crippen molar-refractivity contribution in [3.8, 4) is 5.75 Å². The zero-order valence-corrected chi connectivity index (χ0v) is 29.1. The molecular formula is C36H46Cl2N4O5. The second-order valence-corrected chi connectivity index (χ2v) is 13.2. The highest BCUT2D eigenvalue weighted by atomic mass is 35.5. The first kappa shape index (κ1) is 36.5. The summed E-state index contributed by atoms with van der Waals surface area (Å²) in [6.07, 6.45) is 2.22. The van der Waals surface area contributed by atoms with E-state index in [9.17, 15) is 14.7 Å². The lowest BCUT2D eigenvalue weighted by Crippen LogP contribution is -2.47. The Morgan fingerprint density at radius 2 is 1.77 bits per heavy atom. The van der Waals surface area contributed by atoms with Crippen LogP contribution in [0.15, 0.2) is 66.7 Å². The number of rotatable bonds is 8. The molecule has 11 heteroatoms. The van der Waals surface area contributed by atoms with Crippen LogP contribution >= 0.6 is 23.2 Å². The predicted molar refractivity (Wildman–Crippen MR) is 189 cm³/mol. The number of likely N-dealkylation sites (N-methyl/N-ethyl adjacent to an activating group) is 1. The number of amides is 3. The van der Waals surface area contributed by atoms with Crippen LogP contribution in [0.1, 0.15) is 56.0 Å². The lowest BCUT2D eigenvalue weighted by Gasteiger charge is -2.36. The van der Waals surface area contributed by atoms with Gasteiger partial charge >= 0.3 is 6.03 Å². The molecule has 0 unspecified atom stereocenters. The first-order chi connectivity index (χ1) is 22.5. The van der Waals surface area contributed by atoms with Crippen LogP contribution in [0.25, 0.3) is 0 Å². The summed E-state index contributed by atoms with van der Waals surface area (Å²) in [6.45, 7) is 7.85. The van der Waals surface area contributed by atoms with Gasteiger partial charge in [0.05, 0.1) is 40.5 Å². The molecule has 0 saturated carbocycles. The van der Waals surface area contributed by atoms with E-state index in [1.807, 2.05) is 51.2 Å². The minimum Gasteiger partial charge on any atom is -0.490 e. The molecule has 0 aliphatic carbocycles. The third-order valence-electron chi connectivity index (χ3n) is 8.27. The number of carbonyl (C=O) groups is 2. The Morgan fingerprint density at radius 1 is 1.02 bits per heavy atom. The number of ether oxygens (including phenoxy) is 2. The molecule has 4 atom stereocenters. The molecule has 0 aromatic heterocycles. The predicted octanol–water partition coefficient (Wildman–Crippen LogP) is 7.56. The van der Waals surface area contributed by atoms with Crippen LogP contribution in [0.3, 0.4) is 0 Å². The number of nitrogens with zero attached hydrogens (tertiary/aromatic N) is 2. The Bertz CT molecular complexity index is 1480. The van der Waals surface area contributed by atoms with E-state index < -0.39 is 12.1 Å². The van der Waals surface area contributed by atoms with Crippen molar-refractivity contribution in [1.29, 1.82) is 0 Å². The molecule has 0 spiro atoms. The fourth-order valence-electron chi connectivity index (χ4n) is 5.60. The van der Waals surface area contributed by atoms with Gasteiger partial charge in [0.15, 0.2) is 0 Å². The second-order valence-electron chi connectivity index (χ2n) is 12.4. The van der Waals surface area contributed by atoms with E-state index in [0.717, 1.165) is 24.8 Å². The second kappa shape index (κ2) is 17.7. The summed E-state index contributed by atoms with van der Waals surface area (Å²) in [7, 11) is 2.03. The number of halogens is 2. The van der Waals surface area contributed by atoms with Crippen molar-refractivity contribution < 1.29 is 24.2 Å². The zero-order chi connectivity index (χ0) is 33.9. The van der Waals surface area contributed by atoms with E-state index >= 15 is 0 Å². The Labute approximate surface area is 288 Å². The number of benzene rings is 3. The van der Waals surface area contributed by atoms with Crippen molar-refractivity contribution in [3.05, 3.63) is 87.9 Å². The molecule has 1 heterocycles. The average Bonchev–Trinajstić information content (AvgIpc) is 3.04. The summed E-state index contributed by atoms with van der Waals surface area (Å²) in [5, 5.41) is 16.9. The van der Waals surface area contributed by atoms with Crippen LogP contribution in [0, 0.1) is 5.92 Å². The Hall–Kier alpha value is -3.34. The molecule has 3 N–H and O–H groups in total. The van der Waals surface area contributed by atoms with Crippen molar-refractivity contribution in [3.63, 3.8) is 0 Å². The SMILES string of the molecule is C[C@@H]1CCCCO[C@@H](CN(C)Cc2ccc(Cl)c(Cl)c2)[C@H](C)CN([C@@H](C)CO)C(=O)c2cc(NC(=O)Nc3ccccc3)ccc2O1. The third kappa shape index (κ3) is 10.8. The molecule has 3 aromatic carbocycles. The summed E-state index contributed by atoms with van der Waals surface area (Å²) >= 11 is 12.4. The third-order valence-corrected chi connectivity index (χ3v) is 9.01. The lowest BCUT2D eigenvalue weighted by molar-refractivity contribution is -0.0177. The largest absolute Gasteiger partial charge is 0.490 e. The standard InChI is InChI=1S/C36H46Cl2N4O5/c1-24-20-42(25(2)23-43)35(44)30-19-29(40-36(45)39-28-11-6-5-7-12-28)14-16-33(30)47-26(3)10-8-9-17-46-34(24)22-41(4)21-27-13-15-31(37)32(38)18-27/h5-7,11-16,18-19,24-26,34,43H,8-10,17,20-23H2,1-4H3,(H2,39,40,45)/t24-,25+,26-,34+/m1/s1. The lowest BCUT2D eigenvalue weighted by atomic mass is 10.0. The number of fused-ring (bicyclic) bond motifs is 1. The monoisotopic (exact) mass is 684 g/mol. The van der Waals surface area contributed by atoms with E-state index in [4.69, 9.17) is 32.7 Å². The van der Waals surface area contributed by atoms with Crippen LogP contribution < -0.4 is 15.4 Å². The van der Waals surface area contributed by atoms with Gasteiger partial charge in [-0.05, 0) is 88.2 Å². The first-order valence-corrected chi connectivity index (χ1v) is 16.9. The van der Waals surface area contributed by atoms with Gasteiger partial charge in [0, 0.05) is 43.5 Å². The molecule has 3 amide bonds. The van der Waals surface area contributed by atoms with E-state index in [1.54, 1.807) is 41.3 Å². The van der Waals surface area contributed by atoms with Crippen LogP contribution in [0.4, 0.5) is 16.2 Å². The van der Waals surface area contributed by atoms with Gasteiger partial charge in [-0.1, -0.05) is 54.4 Å². The molecule has 1 aliphatic heterocycles. The highest BCUT2D eigenvalue weighted by Gasteiger charge is 2.30. The molecular weight excluding hydrogens is 639 g/mol. The van der Waals surface area contributed by atoms with Gasteiger partial charge in [-0.3, -0.25) is 9.69 Å². The van der Waals surface area contributed by atoms with Crippen LogP contribution in [0.2, 0.25) is 10.0 Å². The van der Waals surface area contributed by atoms with E-state index in [0.29, 0.717) is 59.0 Å². The zero-order valence-electron chi connectivity index (χ0n) is 27.5. The Kier molecular flexibility index (Phi) is 13.8. The number of urea groups is 1. The summed E-state index contributed by atoms with van der Waals surface area (Å²) in [4.78, 5) is 31.0. The number of para-hydroxylation sites is 1. The number of anilines is 2. The molecule has 1 aliphatic rings. The molecule has 0 bridgehead atoms. The number of hydrogen-bond acceptors (Lipinski definition) is 6. The van der Waals surface area contributed by atoms with E-state index in [-0.39, 0.29) is 30.6 Å². The fourth-order valence-corrected chi connectivity index (χ4v) is 5.92. The molecule has 0 saturated heterocycles. The molecule has 9 nitrogen and oxygen atoms in total. The molecule has 254 valence electrons. The van der Waals surface area contributed by atoms with Gasteiger partial charge < -0.3 is 30.1 Å². The van der Waals surface area contributed by atoms with Gasteiger partial charge in [0.2, 0.25) is 0 Å². The van der Waals surface area contributed by atoms with Gasteiger partial charge in [0.1, 0.15) is 5.75 Å². The van der Waals surface area contributed by atoms with Crippen LogP contribution in [-0.4, -0.2) is 78.4 Å². The van der Waals surface area contributed by atoms with E-state index in [1.165, 1.54) is 0 Å². The highest BCUT2D eigenvalue weighted by molar-refractivity contribution is 6.42. The van der Waals surface area contributed by atoms with Crippen molar-refractivity contribution in [2.75, 3.05) is 44.0 Å². The maximum Gasteiger partial charge on any atom is 0.323 e. The summed E-state index contributed by atoms with van der Waals surface area (Å²) in [5.41, 5.74) is 2.44. The van der Waals surface area contributed by atoms with Crippen molar-refractivity contribution >= 4 is 46.5 Å². The van der Waals surface area contributed by atoms with Crippen molar-refractivity contribution in [2.45, 2.75) is 64.8 Å². The highest BCUT2D eigenvalue weighted by Crippen LogP contribution is 2.29. The molecule has 0 radical (unpaired) electrons. The number of nitrogens with one attached hydrogen (secondary N) is 2. The number of hydrogen-bond donors (Lipinski definition) is 3. The van der Waals surface area contributed by atoms with Gasteiger partial charge in [0.25, 0.3) is 5.91 Å². The normalized spacial score (nSPS) is 20.1. The molecule has 3 aromatic rings. The van der Waals surface area contributed by atoms with Gasteiger partial charge in [-0.25, -0.2) is 4.79 Å². The number of carbonyl (C=O) groups excluding carboxylic acids is 2. The summed E-state index contributed by atoms with van der Waals surface area (Å²) in [6, 6.07) is 18.9. The van der Waals surface area contributed by atoms with Crippen LogP contribution in [-0.2, 0) is 11.3 Å². The maximum atomic E-state index is 14.3. The summed E-state index contributed by atoms with van der Waals surface area (Å²) < 4.78 is 12.8. The van der Waals surface area contributed by atoms with Crippen LogP contribution in [0.5, 0.6) is 5.75 Å². The van der Waals surface area contributed by atoms with Gasteiger partial charge in [-0.15, -0.1) is 0 Å². The minimum atomic E-state index is -0.476. The topological polar surface area (TPSA) is 103 Å². The molecule has 47 heavy (non-hydrogen) atoms.